The van der Waals surface area contributed by atoms with Gasteiger partial charge in [-0.05, 0) is 34.4 Å². The maximum atomic E-state index is 13.7. The molecule has 4 rings (SSSR count). The van der Waals surface area contributed by atoms with Crippen LogP contribution in [-0.4, -0.2) is 107 Å². The van der Waals surface area contributed by atoms with Gasteiger partial charge in [0.2, 0.25) is 11.6 Å². The fourth-order valence-corrected chi connectivity index (χ4v) is 5.06. The Morgan fingerprint density at radius 1 is 0.880 bits per heavy atom. The van der Waals surface area contributed by atoms with Crippen LogP contribution in [0.2, 0.25) is 0 Å². The Labute approximate surface area is 286 Å². The molecule has 18 heteroatoms. The van der Waals surface area contributed by atoms with Crippen LogP contribution in [-0.2, 0) is 24.6 Å². The average Bonchev–Trinajstić information content (AvgIpc) is 3.64. The zero-order valence-electron chi connectivity index (χ0n) is 27.6. The Morgan fingerprint density at radius 3 is 1.86 bits per heavy atom. The Hall–Kier alpha value is -5.50. The monoisotopic (exact) mass is 694 g/mol. The highest BCUT2D eigenvalue weighted by atomic mass is 16.7. The van der Waals surface area contributed by atoms with Crippen molar-refractivity contribution in [3.8, 4) is 11.1 Å². The van der Waals surface area contributed by atoms with E-state index in [0.717, 1.165) is 28.5 Å². The van der Waals surface area contributed by atoms with Crippen LogP contribution in [0.4, 0.5) is 9.59 Å². The van der Waals surface area contributed by atoms with Gasteiger partial charge in [-0.1, -0.05) is 48.4 Å². The van der Waals surface area contributed by atoms with Gasteiger partial charge in [-0.25, -0.2) is 20.4 Å². The smallest absolute Gasteiger partial charge is 0.403 e. The van der Waals surface area contributed by atoms with Crippen LogP contribution in [0.1, 0.15) is 45.7 Å². The standard InChI is InChI=1S/C32H38N8O10/c1-32(2)24-6-4-20(28(43)26(18-47-14-12-41)35-49-30(45)39(34)9-8-33)16-22(24)23-17-21(5-7-25(23)32)29(44)27(19-48-15-13-42)36-50-31(46)40-11-10-38(3)37-40/h4-11,16-17,37,41-42H,12-15,18-19,33-34H2,1-3H3/b9-8-,35-26+,36-27+. The number of carbonyl (C=O) groups is 4. The summed E-state index contributed by atoms with van der Waals surface area (Å²) in [4.78, 5) is 61.8. The molecular formula is C32H38N8O10. The number of aliphatic hydroxyl groups excluding tert-OH is 2. The lowest BCUT2D eigenvalue weighted by Gasteiger charge is -2.21. The summed E-state index contributed by atoms with van der Waals surface area (Å²) in [6, 6.07) is 10.1. The summed E-state index contributed by atoms with van der Waals surface area (Å²) in [7, 11) is 1.66. The second-order valence-corrected chi connectivity index (χ2v) is 11.3. The minimum absolute atomic E-state index is 0.0885. The zero-order chi connectivity index (χ0) is 36.4. The molecule has 0 saturated carbocycles. The Kier molecular flexibility index (Phi) is 12.5. The van der Waals surface area contributed by atoms with E-state index in [9.17, 15) is 19.2 Å². The Morgan fingerprint density at radius 2 is 1.40 bits per heavy atom. The van der Waals surface area contributed by atoms with E-state index in [-0.39, 0.29) is 55.6 Å². The third-order valence-electron chi connectivity index (χ3n) is 7.50. The number of oxime groups is 2. The number of hydrazine groups is 3. The highest BCUT2D eigenvalue weighted by Gasteiger charge is 2.37. The number of ether oxygens (including phenoxy) is 2. The number of nitrogens with two attached hydrogens (primary N) is 2. The lowest BCUT2D eigenvalue weighted by molar-refractivity contribution is 0.0810. The molecule has 1 aliphatic heterocycles. The third kappa shape index (κ3) is 8.55. The molecule has 7 N–H and O–H groups in total. The van der Waals surface area contributed by atoms with Crippen LogP contribution in [0.5, 0.6) is 0 Å². The van der Waals surface area contributed by atoms with Crippen molar-refractivity contribution in [1.29, 1.82) is 0 Å². The van der Waals surface area contributed by atoms with Crippen LogP contribution in [0, 0.1) is 0 Å². The van der Waals surface area contributed by atoms with Crippen LogP contribution in [0.25, 0.3) is 11.1 Å². The molecule has 2 aromatic rings. The quantitative estimate of drug-likeness (QED) is 0.0334. The second-order valence-electron chi connectivity index (χ2n) is 11.3. The second kappa shape index (κ2) is 16.7. The van der Waals surface area contributed by atoms with Crippen molar-refractivity contribution in [2.75, 3.05) is 46.7 Å². The molecule has 2 aliphatic rings. The molecule has 0 aromatic heterocycles. The van der Waals surface area contributed by atoms with Gasteiger partial charge in [-0.3, -0.25) is 24.3 Å². The van der Waals surface area contributed by atoms with Gasteiger partial charge in [-0.15, -0.1) is 5.53 Å². The van der Waals surface area contributed by atoms with Crippen molar-refractivity contribution in [1.82, 2.24) is 20.6 Å². The topological polar surface area (TPSA) is 244 Å². The first-order valence-electron chi connectivity index (χ1n) is 15.1. The van der Waals surface area contributed by atoms with E-state index in [4.69, 9.17) is 40.9 Å². The number of hydrogen-bond donors (Lipinski definition) is 5. The van der Waals surface area contributed by atoms with Crippen molar-refractivity contribution in [2.24, 2.45) is 21.9 Å². The molecule has 2 amide bonds. The Balaban J connectivity index is 1.66. The van der Waals surface area contributed by atoms with E-state index >= 15 is 0 Å². The lowest BCUT2D eigenvalue weighted by atomic mass is 9.82. The Bertz CT molecular complexity index is 1740. The fourth-order valence-electron chi connectivity index (χ4n) is 5.06. The summed E-state index contributed by atoms with van der Waals surface area (Å²) in [6.07, 6.45) is 2.95. The average molecular weight is 695 g/mol. The van der Waals surface area contributed by atoms with E-state index in [1.165, 1.54) is 11.2 Å². The fraction of sp³-hybridized carbons (Fsp3) is 0.312. The molecule has 0 bridgehead atoms. The number of carbonyl (C=O) groups excluding carboxylic acids is 4. The van der Waals surface area contributed by atoms with E-state index in [1.807, 2.05) is 13.8 Å². The van der Waals surface area contributed by atoms with Crippen molar-refractivity contribution in [2.45, 2.75) is 19.3 Å². The van der Waals surface area contributed by atoms with Crippen molar-refractivity contribution in [3.05, 3.63) is 83.5 Å². The normalized spacial score (nSPS) is 14.9. The molecular weight excluding hydrogens is 656 g/mol. The number of rotatable bonds is 15. The van der Waals surface area contributed by atoms with Crippen molar-refractivity contribution >= 4 is 35.2 Å². The molecule has 0 atom stereocenters. The molecule has 2 aromatic carbocycles. The molecule has 0 fully saturated rings. The van der Waals surface area contributed by atoms with Gasteiger partial charge in [-0.2, -0.15) is 5.01 Å². The van der Waals surface area contributed by atoms with E-state index in [2.05, 4.69) is 15.8 Å². The number of fused-ring (bicyclic) bond motifs is 3. The van der Waals surface area contributed by atoms with Crippen LogP contribution >= 0.6 is 0 Å². The van der Waals surface area contributed by atoms with Gasteiger partial charge >= 0.3 is 12.2 Å². The SMILES string of the molecule is CN1C=CN(C(=O)O/N=C(\COCCO)C(=O)c2ccc3c(c2)-c2cc(C(=O)/C(COCCO)=N/OC(=O)N(N)/C=C\N)ccc2C3(C)C)N1. The predicted octanol–water partition coefficient (Wildman–Crippen LogP) is 1.11. The van der Waals surface area contributed by atoms with Crippen LogP contribution in [0.15, 0.2) is 71.5 Å². The highest BCUT2D eigenvalue weighted by Crippen LogP contribution is 2.49. The van der Waals surface area contributed by atoms with E-state index in [1.54, 1.807) is 49.6 Å². The molecule has 0 radical (unpaired) electrons. The predicted molar refractivity (Wildman–Crippen MR) is 178 cm³/mol. The largest absolute Gasteiger partial charge is 0.456 e. The molecule has 266 valence electrons. The van der Waals surface area contributed by atoms with E-state index < -0.39 is 35.8 Å². The zero-order valence-corrected chi connectivity index (χ0v) is 27.6. The highest BCUT2D eigenvalue weighted by molar-refractivity contribution is 6.47. The number of ketones is 2. The minimum Gasteiger partial charge on any atom is -0.403 e. The molecule has 0 saturated heterocycles. The number of nitrogens with zero attached hydrogens (tertiary/aromatic N) is 5. The van der Waals surface area contributed by atoms with Crippen molar-refractivity contribution in [3.63, 3.8) is 0 Å². The number of Topliss-reactive ketones (excluding diaryl/α,β-unsaturated/α-hetero) is 2. The summed E-state index contributed by atoms with van der Waals surface area (Å²) < 4.78 is 10.6. The van der Waals surface area contributed by atoms with Crippen LogP contribution < -0.4 is 17.1 Å². The molecule has 1 aliphatic carbocycles. The van der Waals surface area contributed by atoms with Crippen LogP contribution in [0.3, 0.4) is 0 Å². The summed E-state index contributed by atoms with van der Waals surface area (Å²) in [5.74, 6) is 4.25. The molecule has 50 heavy (non-hydrogen) atoms. The van der Waals surface area contributed by atoms with Crippen molar-refractivity contribution < 1.29 is 48.5 Å². The molecule has 18 nitrogen and oxygen atoms in total. The van der Waals surface area contributed by atoms with Gasteiger partial charge in [0.15, 0.2) is 11.4 Å². The first kappa shape index (κ1) is 37.3. The minimum atomic E-state index is -1.13. The number of hydrogen-bond acceptors (Lipinski definition) is 16. The van der Waals surface area contributed by atoms with Gasteiger partial charge in [0.25, 0.3) is 0 Å². The van der Waals surface area contributed by atoms with Gasteiger partial charge < -0.3 is 25.4 Å². The maximum absolute atomic E-state index is 13.7. The number of nitrogens with one attached hydrogen (secondary N) is 1. The first-order chi connectivity index (χ1) is 23.9. The number of benzene rings is 2. The first-order valence-corrected chi connectivity index (χ1v) is 15.1. The summed E-state index contributed by atoms with van der Waals surface area (Å²) in [5.41, 5.74) is 10.3. The summed E-state index contributed by atoms with van der Waals surface area (Å²) >= 11 is 0. The van der Waals surface area contributed by atoms with E-state index in [0.29, 0.717) is 16.1 Å². The van der Waals surface area contributed by atoms with Gasteiger partial charge in [0.05, 0.1) is 39.6 Å². The molecule has 0 unspecified atom stereocenters. The number of amides is 2. The lowest BCUT2D eigenvalue weighted by Crippen LogP contribution is -2.40. The number of aliphatic hydroxyl groups is 2. The van der Waals surface area contributed by atoms with Gasteiger partial charge in [0, 0.05) is 48.4 Å². The summed E-state index contributed by atoms with van der Waals surface area (Å²) in [6.45, 7) is 2.42. The maximum Gasteiger partial charge on any atom is 0.456 e. The van der Waals surface area contributed by atoms with Gasteiger partial charge in [0.1, 0.15) is 0 Å². The molecule has 1 heterocycles. The summed E-state index contributed by atoms with van der Waals surface area (Å²) in [5, 5.41) is 28.8. The third-order valence-corrected chi connectivity index (χ3v) is 7.50. The molecule has 0 spiro atoms.